The van der Waals surface area contributed by atoms with Gasteiger partial charge in [0.2, 0.25) is 0 Å². The summed E-state index contributed by atoms with van der Waals surface area (Å²) in [6.07, 6.45) is 2.01. The summed E-state index contributed by atoms with van der Waals surface area (Å²) >= 11 is 0. The number of imidazole rings is 1. The quantitative estimate of drug-likeness (QED) is 0.654. The van der Waals surface area contributed by atoms with E-state index in [1.165, 1.54) is 0 Å². The number of nitrogens with zero attached hydrogens (tertiary/aromatic N) is 3. The highest BCUT2D eigenvalue weighted by atomic mass is 16.3. The van der Waals surface area contributed by atoms with Crippen LogP contribution in [0.15, 0.2) is 29.4 Å². The van der Waals surface area contributed by atoms with Crippen LogP contribution < -0.4 is 0 Å². The summed E-state index contributed by atoms with van der Waals surface area (Å²) in [6, 6.07) is 7.29. The van der Waals surface area contributed by atoms with Gasteiger partial charge in [-0.25, -0.2) is 4.98 Å². The van der Waals surface area contributed by atoms with Gasteiger partial charge in [-0.3, -0.25) is 0 Å². The lowest BCUT2D eigenvalue weighted by atomic mass is 9.95. The molecular weight excluding hydrogens is 302 g/mol. The normalized spacial score (nSPS) is 12.2. The molecule has 5 nitrogen and oxygen atoms in total. The summed E-state index contributed by atoms with van der Waals surface area (Å²) in [6.45, 7) is 9.14. The summed E-state index contributed by atoms with van der Waals surface area (Å²) in [5, 5.41) is 15.4. The third kappa shape index (κ3) is 2.44. The second kappa shape index (κ2) is 5.89. The van der Waals surface area contributed by atoms with E-state index in [0.717, 1.165) is 25.2 Å². The van der Waals surface area contributed by atoms with Crippen molar-refractivity contribution in [3.8, 4) is 5.75 Å². The molecule has 5 heteroatoms. The van der Waals surface area contributed by atoms with Gasteiger partial charge in [-0.2, -0.15) is 0 Å². The van der Waals surface area contributed by atoms with Crippen LogP contribution in [0.5, 0.6) is 5.75 Å². The number of phenolic OH excluding ortho intramolecular Hbond substituents is 1. The Labute approximate surface area is 141 Å². The van der Waals surface area contributed by atoms with Crippen molar-refractivity contribution in [2.45, 2.75) is 52.5 Å². The first-order valence-corrected chi connectivity index (χ1v) is 8.37. The molecule has 0 saturated heterocycles. The fourth-order valence-electron chi connectivity index (χ4n) is 3.21. The summed E-state index contributed by atoms with van der Waals surface area (Å²) in [7, 11) is 0. The zero-order chi connectivity index (χ0) is 17.5. The standard InChI is InChI=1S/C19H23N3O2/c1-5-6-11-22-16-15(20-18(22)19(2,3)4)14(21-24)12-9-7-8-10-13(12)17(16)23/h7-10,23H,5-6,11H2,1-4H3. The zero-order valence-electron chi connectivity index (χ0n) is 14.6. The third-order valence-corrected chi connectivity index (χ3v) is 4.35. The molecule has 24 heavy (non-hydrogen) atoms. The first kappa shape index (κ1) is 16.4. The minimum absolute atomic E-state index is 0.173. The maximum atomic E-state index is 11.5. The molecule has 1 heterocycles. The Hall–Kier alpha value is -2.43. The average molecular weight is 325 g/mol. The van der Waals surface area contributed by atoms with Crippen molar-refractivity contribution in [1.82, 2.24) is 9.55 Å². The molecular formula is C19H23N3O2. The third-order valence-electron chi connectivity index (χ3n) is 4.35. The molecule has 0 aliphatic rings. The Morgan fingerprint density at radius 1 is 1.21 bits per heavy atom. The van der Waals surface area contributed by atoms with E-state index in [-0.39, 0.29) is 11.2 Å². The summed E-state index contributed by atoms with van der Waals surface area (Å²) in [5.41, 5.74) is 1.20. The number of fused-ring (bicyclic) bond motifs is 2. The Bertz CT molecular complexity index is 920. The summed E-state index contributed by atoms with van der Waals surface area (Å²) in [4.78, 5) is 16.3. The van der Waals surface area contributed by atoms with Gasteiger partial charge in [0.15, 0.2) is 0 Å². The number of hydrogen-bond acceptors (Lipinski definition) is 4. The highest BCUT2D eigenvalue weighted by Gasteiger charge is 2.27. The zero-order valence-corrected chi connectivity index (χ0v) is 14.6. The molecule has 0 unspecified atom stereocenters. The molecule has 0 bridgehead atoms. The van der Waals surface area contributed by atoms with Gasteiger partial charge in [-0.05, 0) is 11.6 Å². The van der Waals surface area contributed by atoms with E-state index in [2.05, 4.69) is 37.4 Å². The van der Waals surface area contributed by atoms with Gasteiger partial charge in [-0.1, -0.05) is 58.4 Å². The molecule has 126 valence electrons. The van der Waals surface area contributed by atoms with Gasteiger partial charge >= 0.3 is 0 Å². The number of aromatic nitrogens is 2. The van der Waals surface area contributed by atoms with Gasteiger partial charge in [-0.15, -0.1) is 4.91 Å². The van der Waals surface area contributed by atoms with E-state index in [1.54, 1.807) is 6.07 Å². The number of unbranched alkanes of at least 4 members (excludes halogenated alkanes) is 1. The van der Waals surface area contributed by atoms with Gasteiger partial charge in [0, 0.05) is 22.7 Å². The molecule has 1 aromatic heterocycles. The molecule has 0 saturated carbocycles. The number of rotatable bonds is 4. The van der Waals surface area contributed by atoms with Crippen molar-refractivity contribution in [3.63, 3.8) is 0 Å². The van der Waals surface area contributed by atoms with Gasteiger partial charge in [0.05, 0.1) is 0 Å². The van der Waals surface area contributed by atoms with Crippen molar-refractivity contribution >= 4 is 27.5 Å². The number of aromatic hydroxyl groups is 1. The second-order valence-corrected chi connectivity index (χ2v) is 7.22. The maximum absolute atomic E-state index is 11.5. The Balaban J connectivity index is 2.50. The molecule has 0 amide bonds. The fraction of sp³-hybridized carbons (Fsp3) is 0.421. The van der Waals surface area contributed by atoms with E-state index in [4.69, 9.17) is 4.98 Å². The van der Waals surface area contributed by atoms with Crippen LogP contribution in [0.25, 0.3) is 21.8 Å². The van der Waals surface area contributed by atoms with Crippen LogP contribution in [0.3, 0.4) is 0 Å². The van der Waals surface area contributed by atoms with Crippen LogP contribution >= 0.6 is 0 Å². The lowest BCUT2D eigenvalue weighted by Gasteiger charge is -2.20. The number of aryl methyl sites for hydroxylation is 1. The van der Waals surface area contributed by atoms with Gasteiger partial charge < -0.3 is 9.67 Å². The SMILES string of the molecule is CCCCn1c(C(C)(C)C)nc2c(N=O)c3ccccc3c(O)c21. The molecule has 2 aromatic carbocycles. The number of hydrogen-bond donors (Lipinski definition) is 1. The summed E-state index contributed by atoms with van der Waals surface area (Å²) in [5.74, 6) is 1.04. The molecule has 0 fully saturated rings. The van der Waals surface area contributed by atoms with E-state index in [1.807, 2.05) is 18.2 Å². The smallest absolute Gasteiger partial charge is 0.149 e. The van der Waals surface area contributed by atoms with Crippen molar-refractivity contribution in [2.24, 2.45) is 5.18 Å². The molecule has 0 aliphatic carbocycles. The number of phenols is 1. The van der Waals surface area contributed by atoms with E-state index >= 15 is 0 Å². The van der Waals surface area contributed by atoms with Crippen molar-refractivity contribution in [1.29, 1.82) is 0 Å². The predicted octanol–water partition coefficient (Wildman–Crippen LogP) is 5.39. The lowest BCUT2D eigenvalue weighted by Crippen LogP contribution is -2.19. The van der Waals surface area contributed by atoms with Crippen molar-refractivity contribution < 1.29 is 5.11 Å². The minimum Gasteiger partial charge on any atom is -0.505 e. The number of benzene rings is 2. The van der Waals surface area contributed by atoms with Gasteiger partial charge in [0.25, 0.3) is 0 Å². The molecule has 0 spiro atoms. The monoisotopic (exact) mass is 325 g/mol. The summed E-state index contributed by atoms with van der Waals surface area (Å²) < 4.78 is 2.05. The van der Waals surface area contributed by atoms with Crippen LogP contribution in [0.4, 0.5) is 5.69 Å². The lowest BCUT2D eigenvalue weighted by molar-refractivity contribution is 0.471. The van der Waals surface area contributed by atoms with Crippen LogP contribution in [0, 0.1) is 4.91 Å². The molecule has 3 rings (SSSR count). The van der Waals surface area contributed by atoms with Crippen LogP contribution in [-0.4, -0.2) is 14.7 Å². The van der Waals surface area contributed by atoms with Crippen LogP contribution in [-0.2, 0) is 12.0 Å². The Morgan fingerprint density at radius 3 is 2.46 bits per heavy atom. The van der Waals surface area contributed by atoms with E-state index in [9.17, 15) is 10.0 Å². The Kier molecular flexibility index (Phi) is 4.03. The van der Waals surface area contributed by atoms with Gasteiger partial charge in [0.1, 0.15) is 28.3 Å². The van der Waals surface area contributed by atoms with E-state index in [0.29, 0.717) is 27.5 Å². The van der Waals surface area contributed by atoms with Crippen molar-refractivity contribution in [2.75, 3.05) is 0 Å². The first-order chi connectivity index (χ1) is 11.4. The van der Waals surface area contributed by atoms with Crippen molar-refractivity contribution in [3.05, 3.63) is 35.0 Å². The average Bonchev–Trinajstić information content (AvgIpc) is 2.93. The van der Waals surface area contributed by atoms with Crippen LogP contribution in [0.1, 0.15) is 46.4 Å². The number of nitroso groups, excluding NO2 is 1. The van der Waals surface area contributed by atoms with Crippen LogP contribution in [0.2, 0.25) is 0 Å². The largest absolute Gasteiger partial charge is 0.505 e. The highest BCUT2D eigenvalue weighted by molar-refractivity contribution is 6.12. The highest BCUT2D eigenvalue weighted by Crippen LogP contribution is 2.43. The molecule has 3 aromatic rings. The topological polar surface area (TPSA) is 67.5 Å². The molecule has 0 radical (unpaired) electrons. The second-order valence-electron chi connectivity index (χ2n) is 7.22. The molecule has 1 N–H and O–H groups in total. The first-order valence-electron chi connectivity index (χ1n) is 8.37. The van der Waals surface area contributed by atoms with E-state index < -0.39 is 0 Å². The molecule has 0 atom stereocenters. The Morgan fingerprint density at radius 2 is 1.88 bits per heavy atom. The molecule has 0 aliphatic heterocycles. The maximum Gasteiger partial charge on any atom is 0.149 e. The minimum atomic E-state index is -0.203. The fourth-order valence-corrected chi connectivity index (χ4v) is 3.21. The predicted molar refractivity (Wildman–Crippen MR) is 98.0 cm³/mol.